The molecule has 11 heteroatoms. The van der Waals surface area contributed by atoms with Gasteiger partial charge in [-0.1, -0.05) is 0 Å². The van der Waals surface area contributed by atoms with E-state index in [2.05, 4.69) is 0 Å². The molecule has 0 saturated heterocycles. The standard InChI is InChI=1S/C4H7NO4.Na.H2O4S/c5-2(4(8)9)1-3(6)7;;1-5(2,3)4/h2H,1,5H2,(H,6,7)(H,8,9);;(H2,1,2,3,4)/q;+1;/p-1/t2-;;/m0../s1. The molecule has 5 N–H and O–H groups in total. The van der Waals surface area contributed by atoms with Gasteiger partial charge in [0.05, 0.1) is 6.42 Å². The Balaban J connectivity index is -0.000000208. The summed E-state index contributed by atoms with van der Waals surface area (Å²) in [5, 5.41) is 16.0. The van der Waals surface area contributed by atoms with Crippen molar-refractivity contribution in [3.05, 3.63) is 0 Å². The summed E-state index contributed by atoms with van der Waals surface area (Å²) >= 11 is 0. The maximum Gasteiger partial charge on any atom is 1.00 e. The molecular formula is C4H8NNaO8S. The van der Waals surface area contributed by atoms with Gasteiger partial charge in [0, 0.05) is 0 Å². The van der Waals surface area contributed by atoms with E-state index in [-0.39, 0.29) is 29.6 Å². The Morgan fingerprint density at radius 2 is 1.60 bits per heavy atom. The van der Waals surface area contributed by atoms with Crippen LogP contribution in [0.5, 0.6) is 0 Å². The third-order valence-corrected chi connectivity index (χ3v) is 0.712. The minimum Gasteiger partial charge on any atom is -0.726 e. The van der Waals surface area contributed by atoms with Gasteiger partial charge in [-0.05, 0) is 0 Å². The van der Waals surface area contributed by atoms with Gasteiger partial charge < -0.3 is 20.5 Å². The summed E-state index contributed by atoms with van der Waals surface area (Å²) < 4.78 is 32.8. The van der Waals surface area contributed by atoms with Crippen molar-refractivity contribution in [2.45, 2.75) is 12.5 Å². The van der Waals surface area contributed by atoms with E-state index >= 15 is 0 Å². The SMILES string of the molecule is N[C@@H](CC(=O)O)C(=O)O.O=S(=O)([O-])O.[Na+]. The first kappa shape index (κ1) is 20.2. The smallest absolute Gasteiger partial charge is 0.726 e. The summed E-state index contributed by atoms with van der Waals surface area (Å²) in [5.41, 5.74) is 4.84. The summed E-state index contributed by atoms with van der Waals surface area (Å²) in [6, 6.07) is -1.29. The number of aliphatic carboxylic acids is 2. The Morgan fingerprint density at radius 1 is 1.33 bits per heavy atom. The van der Waals surface area contributed by atoms with Crippen LogP contribution < -0.4 is 35.3 Å². The molecule has 0 aromatic heterocycles. The molecule has 0 heterocycles. The molecule has 0 aromatic rings. The maximum atomic E-state index is 9.85. The second-order valence-corrected chi connectivity index (χ2v) is 2.83. The Morgan fingerprint density at radius 3 is 1.67 bits per heavy atom. The van der Waals surface area contributed by atoms with Crippen molar-refractivity contribution in [3.8, 4) is 0 Å². The predicted octanol–water partition coefficient (Wildman–Crippen LogP) is -5.12. The Kier molecular flexibility index (Phi) is 12.2. The van der Waals surface area contributed by atoms with Crippen molar-refractivity contribution in [1.82, 2.24) is 0 Å². The molecule has 9 nitrogen and oxygen atoms in total. The molecule has 0 radical (unpaired) electrons. The average Bonchev–Trinajstić information content (AvgIpc) is 1.80. The van der Waals surface area contributed by atoms with Gasteiger partial charge in [-0.2, -0.15) is 0 Å². The van der Waals surface area contributed by atoms with Crippen molar-refractivity contribution >= 4 is 22.3 Å². The van der Waals surface area contributed by atoms with E-state index in [0.29, 0.717) is 0 Å². The van der Waals surface area contributed by atoms with Crippen LogP contribution in [0.3, 0.4) is 0 Å². The molecule has 0 unspecified atom stereocenters. The van der Waals surface area contributed by atoms with Crippen molar-refractivity contribution in [2.24, 2.45) is 5.73 Å². The molecule has 0 aromatic carbocycles. The average molecular weight is 253 g/mol. The minimum atomic E-state index is -4.92. The molecule has 0 aliphatic carbocycles. The second-order valence-electron chi connectivity index (χ2n) is 1.97. The van der Waals surface area contributed by atoms with Crippen molar-refractivity contribution in [3.63, 3.8) is 0 Å². The first-order valence-electron chi connectivity index (χ1n) is 2.92. The second kappa shape index (κ2) is 9.03. The summed E-state index contributed by atoms with van der Waals surface area (Å²) in [7, 11) is -4.92. The van der Waals surface area contributed by atoms with E-state index in [4.69, 9.17) is 33.5 Å². The third-order valence-electron chi connectivity index (χ3n) is 0.712. The third kappa shape index (κ3) is 31.6. The zero-order valence-corrected chi connectivity index (χ0v) is 10.5. The predicted molar refractivity (Wildman–Crippen MR) is 40.2 cm³/mol. The topological polar surface area (TPSA) is 178 Å². The summed E-state index contributed by atoms with van der Waals surface area (Å²) in [6.07, 6.45) is -0.532. The van der Waals surface area contributed by atoms with Crippen LogP contribution in [-0.2, 0) is 20.0 Å². The molecule has 1 atom stereocenters. The minimum absolute atomic E-state index is 0. The molecule has 0 aliphatic rings. The molecule has 84 valence electrons. The molecular weight excluding hydrogens is 245 g/mol. The first-order valence-corrected chi connectivity index (χ1v) is 4.29. The van der Waals surface area contributed by atoms with Crippen LogP contribution in [0.4, 0.5) is 0 Å². The van der Waals surface area contributed by atoms with Crippen LogP contribution in [0, 0.1) is 0 Å². The Hall–Kier alpha value is -0.230. The maximum absolute atomic E-state index is 9.85. The van der Waals surface area contributed by atoms with Crippen LogP contribution in [0.25, 0.3) is 0 Å². The Labute approximate surface area is 107 Å². The van der Waals surface area contributed by atoms with E-state index in [1.165, 1.54) is 0 Å². The number of carboxylic acid groups (broad SMARTS) is 2. The van der Waals surface area contributed by atoms with Crippen LogP contribution in [0.2, 0.25) is 0 Å². The molecule has 0 amide bonds. The van der Waals surface area contributed by atoms with Gasteiger partial charge in [0.25, 0.3) is 0 Å². The van der Waals surface area contributed by atoms with Crippen molar-refractivity contribution in [1.29, 1.82) is 0 Å². The number of rotatable bonds is 3. The first-order chi connectivity index (χ1) is 6.04. The normalized spacial score (nSPS) is 11.4. The summed E-state index contributed by atoms with van der Waals surface area (Å²) in [5.74, 6) is -2.50. The van der Waals surface area contributed by atoms with Gasteiger partial charge in [0.15, 0.2) is 0 Å². The van der Waals surface area contributed by atoms with Crippen molar-refractivity contribution in [2.75, 3.05) is 0 Å². The monoisotopic (exact) mass is 253 g/mol. The summed E-state index contributed by atoms with van der Waals surface area (Å²) in [6.45, 7) is 0. The number of carbonyl (C=O) groups is 2. The number of nitrogens with two attached hydrogens (primary N) is 1. The molecule has 0 fully saturated rings. The molecule has 0 saturated carbocycles. The number of hydrogen-bond acceptors (Lipinski definition) is 6. The van der Waals surface area contributed by atoms with Gasteiger partial charge >= 0.3 is 41.5 Å². The van der Waals surface area contributed by atoms with Crippen LogP contribution in [-0.4, -0.2) is 45.7 Å². The van der Waals surface area contributed by atoms with E-state index in [9.17, 15) is 9.59 Å². The molecule has 15 heavy (non-hydrogen) atoms. The quantitative estimate of drug-likeness (QED) is 0.217. The van der Waals surface area contributed by atoms with E-state index in [0.717, 1.165) is 0 Å². The fourth-order valence-electron chi connectivity index (χ4n) is 0.275. The zero-order valence-electron chi connectivity index (χ0n) is 7.65. The molecule has 0 rings (SSSR count). The van der Waals surface area contributed by atoms with Gasteiger partial charge in [0.1, 0.15) is 6.04 Å². The van der Waals surface area contributed by atoms with Crippen LogP contribution in [0.15, 0.2) is 0 Å². The van der Waals surface area contributed by atoms with Crippen LogP contribution >= 0.6 is 0 Å². The Bertz CT molecular complexity index is 292. The fourth-order valence-corrected chi connectivity index (χ4v) is 0.275. The largest absolute Gasteiger partial charge is 1.00 e. The molecule has 0 aliphatic heterocycles. The number of carboxylic acids is 2. The molecule has 0 bridgehead atoms. The number of hydrogen-bond donors (Lipinski definition) is 4. The van der Waals surface area contributed by atoms with Gasteiger partial charge in [-0.15, -0.1) is 0 Å². The van der Waals surface area contributed by atoms with E-state index < -0.39 is 34.8 Å². The van der Waals surface area contributed by atoms with E-state index in [1.54, 1.807) is 0 Å². The van der Waals surface area contributed by atoms with Crippen LogP contribution in [0.1, 0.15) is 6.42 Å². The summed E-state index contributed by atoms with van der Waals surface area (Å²) in [4.78, 5) is 19.6. The van der Waals surface area contributed by atoms with Gasteiger partial charge in [-0.3, -0.25) is 14.1 Å². The van der Waals surface area contributed by atoms with E-state index in [1.807, 2.05) is 0 Å². The fraction of sp³-hybridized carbons (Fsp3) is 0.500. The van der Waals surface area contributed by atoms with Crippen molar-refractivity contribution < 1.29 is 66.9 Å². The van der Waals surface area contributed by atoms with Gasteiger partial charge in [0.2, 0.25) is 10.4 Å². The molecule has 0 spiro atoms. The zero-order chi connectivity index (χ0) is 11.9. The van der Waals surface area contributed by atoms with Gasteiger partial charge in [-0.25, -0.2) is 8.42 Å².